The number of rotatable bonds is 8. The minimum Gasteiger partial charge on any atom is -0.493 e. The normalized spacial score (nSPS) is 26.1. The number of allylic oxidation sites excluding steroid dienone is 2. The van der Waals surface area contributed by atoms with Gasteiger partial charge in [-0.2, -0.15) is 0 Å². The zero-order valence-corrected chi connectivity index (χ0v) is 20.4. The van der Waals surface area contributed by atoms with Crippen molar-refractivity contribution in [2.45, 2.75) is 19.8 Å². The standard InChI is InChI=1S/C23H30N4O3.HI/c1-15-6-3-4-7-18(15)30-13-5-10-25-23(24-2)26-11-12-27-21(28)19-16-8-9-17(14-16)20(19)22(27)29;/h3-4,6-9,16-17,19-20H,5,10-14H2,1-2H3,(H2,24,25,26);1H. The fraction of sp³-hybridized carbons (Fsp3) is 0.522. The van der Waals surface area contributed by atoms with E-state index in [1.807, 2.05) is 31.2 Å². The average Bonchev–Trinajstić information content (AvgIpc) is 3.43. The second-order valence-corrected chi connectivity index (χ2v) is 8.22. The fourth-order valence-corrected chi connectivity index (χ4v) is 4.87. The Morgan fingerprint density at radius 2 is 1.74 bits per heavy atom. The van der Waals surface area contributed by atoms with Crippen molar-refractivity contribution in [3.63, 3.8) is 0 Å². The zero-order chi connectivity index (χ0) is 21.1. The summed E-state index contributed by atoms with van der Waals surface area (Å²) in [4.78, 5) is 31.1. The molecule has 2 aliphatic carbocycles. The number of likely N-dealkylation sites (tertiary alicyclic amines) is 1. The largest absolute Gasteiger partial charge is 0.493 e. The number of carbonyl (C=O) groups is 2. The van der Waals surface area contributed by atoms with Crippen molar-refractivity contribution in [2.24, 2.45) is 28.7 Å². The van der Waals surface area contributed by atoms with Gasteiger partial charge in [0.15, 0.2) is 5.96 Å². The molecule has 3 aliphatic rings. The molecule has 2 N–H and O–H groups in total. The van der Waals surface area contributed by atoms with Crippen LogP contribution in [0.3, 0.4) is 0 Å². The van der Waals surface area contributed by atoms with Gasteiger partial charge in [0, 0.05) is 26.7 Å². The molecule has 0 radical (unpaired) electrons. The summed E-state index contributed by atoms with van der Waals surface area (Å²) < 4.78 is 5.80. The maximum Gasteiger partial charge on any atom is 0.233 e. The minimum atomic E-state index is -0.127. The highest BCUT2D eigenvalue weighted by Gasteiger charge is 2.58. The number of aliphatic imine (C=N–C) groups is 1. The van der Waals surface area contributed by atoms with Crippen molar-refractivity contribution in [1.29, 1.82) is 0 Å². The van der Waals surface area contributed by atoms with Crippen molar-refractivity contribution in [1.82, 2.24) is 15.5 Å². The van der Waals surface area contributed by atoms with Crippen LogP contribution in [0.15, 0.2) is 41.4 Å². The fourth-order valence-electron chi connectivity index (χ4n) is 4.87. The lowest BCUT2D eigenvalue weighted by atomic mass is 9.85. The number of nitrogens with one attached hydrogen (secondary N) is 2. The lowest BCUT2D eigenvalue weighted by molar-refractivity contribution is -0.140. The highest BCUT2D eigenvalue weighted by Crippen LogP contribution is 2.52. The number of imide groups is 1. The summed E-state index contributed by atoms with van der Waals surface area (Å²) in [7, 11) is 1.71. The molecule has 1 aliphatic heterocycles. The van der Waals surface area contributed by atoms with Crippen molar-refractivity contribution in [3.05, 3.63) is 42.0 Å². The topological polar surface area (TPSA) is 83.0 Å². The molecule has 4 atom stereocenters. The Morgan fingerprint density at radius 1 is 1.10 bits per heavy atom. The van der Waals surface area contributed by atoms with E-state index in [-0.39, 0.29) is 59.5 Å². The molecule has 2 bridgehead atoms. The van der Waals surface area contributed by atoms with Crippen molar-refractivity contribution in [3.8, 4) is 5.75 Å². The second kappa shape index (κ2) is 10.5. The number of aryl methyl sites for hydroxylation is 1. The monoisotopic (exact) mass is 538 g/mol. The molecule has 0 aromatic heterocycles. The van der Waals surface area contributed by atoms with Crippen LogP contribution >= 0.6 is 24.0 Å². The Kier molecular flexibility index (Phi) is 7.96. The van der Waals surface area contributed by atoms with Gasteiger partial charge in [0.05, 0.1) is 18.4 Å². The molecule has 1 saturated carbocycles. The number of ether oxygens (including phenoxy) is 1. The predicted molar refractivity (Wildman–Crippen MR) is 131 cm³/mol. The van der Waals surface area contributed by atoms with Crippen LogP contribution in [0.1, 0.15) is 18.4 Å². The summed E-state index contributed by atoms with van der Waals surface area (Å²) >= 11 is 0. The van der Waals surface area contributed by atoms with Crippen molar-refractivity contribution in [2.75, 3.05) is 33.3 Å². The van der Waals surface area contributed by atoms with E-state index in [0.29, 0.717) is 32.2 Å². The Balaban J connectivity index is 0.00000272. The summed E-state index contributed by atoms with van der Waals surface area (Å²) in [5.74, 6) is 1.83. The third-order valence-electron chi connectivity index (χ3n) is 6.38. The van der Waals surface area contributed by atoms with Crippen LogP contribution in [0.2, 0.25) is 0 Å². The van der Waals surface area contributed by atoms with Gasteiger partial charge in [0.2, 0.25) is 11.8 Å². The quantitative estimate of drug-likeness (QED) is 0.133. The van der Waals surface area contributed by atoms with Crippen LogP contribution in [0.25, 0.3) is 0 Å². The summed E-state index contributed by atoms with van der Waals surface area (Å²) in [6.45, 7) is 4.22. The van der Waals surface area contributed by atoms with Gasteiger partial charge in [-0.1, -0.05) is 30.4 Å². The Labute approximate surface area is 200 Å². The molecule has 4 unspecified atom stereocenters. The molecular formula is C23H31IN4O3. The number of para-hydroxylation sites is 1. The summed E-state index contributed by atoms with van der Waals surface area (Å²) in [6, 6.07) is 7.97. The van der Waals surface area contributed by atoms with Gasteiger partial charge in [0.25, 0.3) is 0 Å². The SMILES string of the molecule is CN=C(NCCCOc1ccccc1C)NCCN1C(=O)C2C3C=CC(C3)C2C1=O.I. The van der Waals surface area contributed by atoms with Crippen LogP contribution in [0.5, 0.6) is 5.75 Å². The lowest BCUT2D eigenvalue weighted by Crippen LogP contribution is -2.44. The first-order valence-corrected chi connectivity index (χ1v) is 10.8. The van der Waals surface area contributed by atoms with Gasteiger partial charge in [-0.3, -0.25) is 19.5 Å². The summed E-state index contributed by atoms with van der Waals surface area (Å²) in [5, 5.41) is 6.44. The predicted octanol–water partition coefficient (Wildman–Crippen LogP) is 2.35. The van der Waals surface area contributed by atoms with Gasteiger partial charge in [-0.15, -0.1) is 24.0 Å². The molecule has 8 heteroatoms. The summed E-state index contributed by atoms with van der Waals surface area (Å²) in [6.07, 6.45) is 6.03. The van der Waals surface area contributed by atoms with E-state index in [9.17, 15) is 9.59 Å². The van der Waals surface area contributed by atoms with Crippen molar-refractivity contribution < 1.29 is 14.3 Å². The second-order valence-electron chi connectivity index (χ2n) is 8.22. The van der Waals surface area contributed by atoms with Crippen molar-refractivity contribution >= 4 is 41.8 Å². The van der Waals surface area contributed by atoms with Gasteiger partial charge >= 0.3 is 0 Å². The number of hydrogen-bond acceptors (Lipinski definition) is 4. The molecule has 1 aromatic carbocycles. The van der Waals surface area contributed by atoms with Crippen LogP contribution in [-0.4, -0.2) is 56.0 Å². The third-order valence-corrected chi connectivity index (χ3v) is 6.38. The van der Waals surface area contributed by atoms with Gasteiger partial charge in [-0.25, -0.2) is 0 Å². The van der Waals surface area contributed by atoms with Crippen LogP contribution in [-0.2, 0) is 9.59 Å². The highest BCUT2D eigenvalue weighted by atomic mass is 127. The number of carbonyl (C=O) groups excluding carboxylic acids is 2. The molecule has 168 valence electrons. The molecule has 0 spiro atoms. The molecular weight excluding hydrogens is 507 g/mol. The first kappa shape index (κ1) is 23.6. The van der Waals surface area contributed by atoms with E-state index in [0.717, 1.165) is 24.2 Å². The number of halogens is 1. The Hall–Kier alpha value is -2.10. The number of nitrogens with zero attached hydrogens (tertiary/aromatic N) is 2. The van der Waals surface area contributed by atoms with E-state index in [4.69, 9.17) is 4.74 Å². The zero-order valence-electron chi connectivity index (χ0n) is 18.0. The number of hydrogen-bond donors (Lipinski definition) is 2. The van der Waals surface area contributed by atoms with Gasteiger partial charge in [0.1, 0.15) is 5.75 Å². The molecule has 1 aromatic rings. The summed E-state index contributed by atoms with van der Waals surface area (Å²) in [5.41, 5.74) is 1.13. The van der Waals surface area contributed by atoms with E-state index in [1.165, 1.54) is 4.90 Å². The van der Waals surface area contributed by atoms with Gasteiger partial charge < -0.3 is 15.4 Å². The molecule has 7 nitrogen and oxygen atoms in total. The molecule has 31 heavy (non-hydrogen) atoms. The number of amides is 2. The average molecular weight is 538 g/mol. The van der Waals surface area contributed by atoms with Crippen LogP contribution < -0.4 is 15.4 Å². The number of benzene rings is 1. The third kappa shape index (κ3) is 4.88. The van der Waals surface area contributed by atoms with E-state index >= 15 is 0 Å². The maximum atomic E-state index is 12.7. The maximum absolute atomic E-state index is 12.7. The van der Waals surface area contributed by atoms with E-state index in [1.54, 1.807) is 7.05 Å². The molecule has 1 saturated heterocycles. The Morgan fingerprint density at radius 3 is 2.39 bits per heavy atom. The molecule has 1 heterocycles. The highest BCUT2D eigenvalue weighted by molar-refractivity contribution is 14.0. The van der Waals surface area contributed by atoms with E-state index in [2.05, 4.69) is 27.8 Å². The van der Waals surface area contributed by atoms with Crippen LogP contribution in [0, 0.1) is 30.6 Å². The van der Waals surface area contributed by atoms with Gasteiger partial charge in [-0.05, 0) is 43.2 Å². The molecule has 2 amide bonds. The first-order valence-electron chi connectivity index (χ1n) is 10.8. The lowest BCUT2D eigenvalue weighted by Gasteiger charge is -2.18. The minimum absolute atomic E-state index is 0. The Bertz CT molecular complexity index is 842. The molecule has 2 fully saturated rings. The first-order chi connectivity index (χ1) is 14.6. The van der Waals surface area contributed by atoms with E-state index < -0.39 is 0 Å². The molecule has 4 rings (SSSR count). The smallest absolute Gasteiger partial charge is 0.233 e. The number of fused-ring (bicyclic) bond motifs is 5. The van der Waals surface area contributed by atoms with Crippen LogP contribution in [0.4, 0.5) is 0 Å². The number of guanidine groups is 1.